The molecule has 6 heteroatoms. The number of hydrogen-bond donors (Lipinski definition) is 0. The summed E-state index contributed by atoms with van der Waals surface area (Å²) in [6.07, 6.45) is 63.9. The molecular formula is C63H122O6. The molecule has 410 valence electrons. The maximum absolute atomic E-state index is 12.9. The summed E-state index contributed by atoms with van der Waals surface area (Å²) in [5, 5.41) is 0. The van der Waals surface area contributed by atoms with Crippen LogP contribution in [0.15, 0.2) is 0 Å². The molecule has 69 heavy (non-hydrogen) atoms. The molecule has 0 fully saturated rings. The zero-order valence-electron chi connectivity index (χ0n) is 47.3. The van der Waals surface area contributed by atoms with Crippen molar-refractivity contribution in [1.29, 1.82) is 0 Å². The Kier molecular flexibility index (Phi) is 56.0. The van der Waals surface area contributed by atoms with Gasteiger partial charge in [0.25, 0.3) is 0 Å². The van der Waals surface area contributed by atoms with Crippen LogP contribution in [0.3, 0.4) is 0 Å². The molecule has 0 rings (SSSR count). The summed E-state index contributed by atoms with van der Waals surface area (Å²) in [6, 6.07) is 0. The van der Waals surface area contributed by atoms with Gasteiger partial charge in [-0.3, -0.25) is 14.4 Å². The predicted octanol–water partition coefficient (Wildman–Crippen LogP) is 21.0. The Bertz CT molecular complexity index is 1040. The molecular weight excluding hydrogens is 853 g/mol. The number of carbonyl (C=O) groups is 3. The molecule has 0 spiro atoms. The lowest BCUT2D eigenvalue weighted by atomic mass is 10.0. The van der Waals surface area contributed by atoms with Crippen LogP contribution in [0, 0.1) is 5.92 Å². The Labute approximate surface area is 431 Å². The van der Waals surface area contributed by atoms with Crippen LogP contribution in [0.25, 0.3) is 0 Å². The van der Waals surface area contributed by atoms with E-state index in [1.54, 1.807) is 0 Å². The van der Waals surface area contributed by atoms with Crippen molar-refractivity contribution in [3.05, 3.63) is 0 Å². The lowest BCUT2D eigenvalue weighted by Gasteiger charge is -2.18. The van der Waals surface area contributed by atoms with Crippen molar-refractivity contribution in [2.45, 2.75) is 368 Å². The van der Waals surface area contributed by atoms with Gasteiger partial charge in [-0.1, -0.05) is 323 Å². The Morgan fingerprint density at radius 3 is 0.710 bits per heavy atom. The van der Waals surface area contributed by atoms with Crippen LogP contribution in [0.5, 0.6) is 0 Å². The third-order valence-corrected chi connectivity index (χ3v) is 14.5. The lowest BCUT2D eigenvalue weighted by molar-refractivity contribution is -0.167. The van der Waals surface area contributed by atoms with Crippen LogP contribution >= 0.6 is 0 Å². The second kappa shape index (κ2) is 57.3. The number of rotatable bonds is 58. The quantitative estimate of drug-likeness (QED) is 0.0343. The summed E-state index contributed by atoms with van der Waals surface area (Å²) in [5.41, 5.74) is 0. The van der Waals surface area contributed by atoms with Crippen molar-refractivity contribution in [3.8, 4) is 0 Å². The molecule has 0 bridgehead atoms. The Hall–Kier alpha value is -1.59. The van der Waals surface area contributed by atoms with Crippen LogP contribution < -0.4 is 0 Å². The van der Waals surface area contributed by atoms with Crippen LogP contribution in [-0.2, 0) is 28.6 Å². The first-order valence-electron chi connectivity index (χ1n) is 31.4. The van der Waals surface area contributed by atoms with Gasteiger partial charge in [-0.15, -0.1) is 0 Å². The molecule has 0 aromatic rings. The van der Waals surface area contributed by atoms with E-state index in [9.17, 15) is 14.4 Å². The molecule has 0 aliphatic rings. The fraction of sp³-hybridized carbons (Fsp3) is 0.952. The van der Waals surface area contributed by atoms with Crippen molar-refractivity contribution < 1.29 is 28.6 Å². The van der Waals surface area contributed by atoms with Crippen LogP contribution in [-0.4, -0.2) is 37.2 Å². The van der Waals surface area contributed by atoms with Crippen molar-refractivity contribution in [2.24, 2.45) is 5.92 Å². The summed E-state index contributed by atoms with van der Waals surface area (Å²) in [4.78, 5) is 38.3. The van der Waals surface area contributed by atoms with E-state index in [1.165, 1.54) is 257 Å². The van der Waals surface area contributed by atoms with Crippen LogP contribution in [0.2, 0.25) is 0 Å². The van der Waals surface area contributed by atoms with E-state index in [4.69, 9.17) is 14.2 Å². The van der Waals surface area contributed by atoms with Crippen LogP contribution in [0.1, 0.15) is 362 Å². The van der Waals surface area contributed by atoms with Gasteiger partial charge in [0.2, 0.25) is 0 Å². The Balaban J connectivity index is 4.27. The number of esters is 3. The largest absolute Gasteiger partial charge is 0.462 e. The first-order valence-corrected chi connectivity index (χ1v) is 31.4. The zero-order valence-corrected chi connectivity index (χ0v) is 47.3. The molecule has 6 nitrogen and oxygen atoms in total. The second-order valence-corrected chi connectivity index (χ2v) is 22.2. The molecule has 0 amide bonds. The first kappa shape index (κ1) is 67.4. The highest BCUT2D eigenvalue weighted by Crippen LogP contribution is 2.19. The van der Waals surface area contributed by atoms with Gasteiger partial charge in [0.15, 0.2) is 6.10 Å². The molecule has 0 unspecified atom stereocenters. The average Bonchev–Trinajstić information content (AvgIpc) is 3.34. The monoisotopic (exact) mass is 975 g/mol. The SMILES string of the molecule is CCCCCCCCCCCCCCCCCCCCCC(=O)OC[C@H](COC(=O)CCCCCCCCCCCCCCCCC(C)C)OC(=O)CCCCCCCCCCCCCCCCC. The van der Waals surface area contributed by atoms with Crippen molar-refractivity contribution in [1.82, 2.24) is 0 Å². The lowest BCUT2D eigenvalue weighted by Crippen LogP contribution is -2.30. The van der Waals surface area contributed by atoms with Gasteiger partial charge in [0.1, 0.15) is 13.2 Å². The number of hydrogen-bond acceptors (Lipinski definition) is 6. The molecule has 0 aliphatic carbocycles. The number of carbonyl (C=O) groups excluding carboxylic acids is 3. The molecule has 0 radical (unpaired) electrons. The third-order valence-electron chi connectivity index (χ3n) is 14.5. The topological polar surface area (TPSA) is 78.9 Å². The second-order valence-electron chi connectivity index (χ2n) is 22.2. The van der Waals surface area contributed by atoms with Crippen molar-refractivity contribution >= 4 is 17.9 Å². The minimum Gasteiger partial charge on any atom is -0.462 e. The summed E-state index contributed by atoms with van der Waals surface area (Å²) in [7, 11) is 0. The van der Waals surface area contributed by atoms with Crippen molar-refractivity contribution in [2.75, 3.05) is 13.2 Å². The average molecular weight is 976 g/mol. The van der Waals surface area contributed by atoms with Gasteiger partial charge < -0.3 is 14.2 Å². The van der Waals surface area contributed by atoms with E-state index in [0.29, 0.717) is 19.3 Å². The predicted molar refractivity (Wildman–Crippen MR) is 298 cm³/mol. The fourth-order valence-electron chi connectivity index (χ4n) is 9.81. The minimum atomic E-state index is -0.762. The number of unbranched alkanes of at least 4 members (excludes halogenated alkanes) is 45. The summed E-state index contributed by atoms with van der Waals surface area (Å²) in [6.45, 7) is 9.09. The van der Waals surface area contributed by atoms with Gasteiger partial charge in [0.05, 0.1) is 0 Å². The highest BCUT2D eigenvalue weighted by Gasteiger charge is 2.19. The summed E-state index contributed by atoms with van der Waals surface area (Å²) in [5.74, 6) is 0.0159. The highest BCUT2D eigenvalue weighted by atomic mass is 16.6. The van der Waals surface area contributed by atoms with Gasteiger partial charge in [0, 0.05) is 19.3 Å². The van der Waals surface area contributed by atoms with Gasteiger partial charge >= 0.3 is 17.9 Å². The molecule has 1 atom stereocenters. The van der Waals surface area contributed by atoms with E-state index in [0.717, 1.165) is 63.7 Å². The molecule has 0 heterocycles. The van der Waals surface area contributed by atoms with E-state index < -0.39 is 6.10 Å². The highest BCUT2D eigenvalue weighted by molar-refractivity contribution is 5.71. The maximum Gasteiger partial charge on any atom is 0.306 e. The van der Waals surface area contributed by atoms with Gasteiger partial charge in [-0.25, -0.2) is 0 Å². The third kappa shape index (κ3) is 57.2. The number of ether oxygens (including phenoxy) is 3. The molecule has 0 saturated heterocycles. The van der Waals surface area contributed by atoms with E-state index >= 15 is 0 Å². The maximum atomic E-state index is 12.9. The smallest absolute Gasteiger partial charge is 0.306 e. The van der Waals surface area contributed by atoms with Gasteiger partial charge in [-0.2, -0.15) is 0 Å². The fourth-order valence-corrected chi connectivity index (χ4v) is 9.81. The molecule has 0 aliphatic heterocycles. The van der Waals surface area contributed by atoms with E-state index in [-0.39, 0.29) is 31.1 Å². The van der Waals surface area contributed by atoms with Crippen molar-refractivity contribution in [3.63, 3.8) is 0 Å². The van der Waals surface area contributed by atoms with E-state index in [1.807, 2.05) is 0 Å². The Morgan fingerprint density at radius 1 is 0.275 bits per heavy atom. The minimum absolute atomic E-state index is 0.0612. The zero-order chi connectivity index (χ0) is 50.2. The first-order chi connectivity index (χ1) is 33.9. The van der Waals surface area contributed by atoms with Crippen LogP contribution in [0.4, 0.5) is 0 Å². The van der Waals surface area contributed by atoms with Gasteiger partial charge in [-0.05, 0) is 25.2 Å². The molecule has 0 aromatic carbocycles. The molecule has 0 N–H and O–H groups in total. The molecule has 0 saturated carbocycles. The normalized spacial score (nSPS) is 12.0. The Morgan fingerprint density at radius 2 is 0.478 bits per heavy atom. The van der Waals surface area contributed by atoms with E-state index in [2.05, 4.69) is 27.7 Å². The summed E-state index contributed by atoms with van der Waals surface area (Å²) < 4.78 is 16.9. The summed E-state index contributed by atoms with van der Waals surface area (Å²) >= 11 is 0. The molecule has 0 aromatic heterocycles. The standard InChI is InChI=1S/C63H122O6/c1-5-7-9-11-13-15-17-19-21-22-23-24-26-30-34-38-42-46-50-54-61(64)67-57-60(69-63(66)56-52-48-44-40-36-32-25-20-18-16-14-12-10-8-6-2)58-68-62(65)55-51-47-43-39-35-31-28-27-29-33-37-41-45-49-53-59(3)4/h59-60H,5-58H2,1-4H3/t60-/m1/s1.